The van der Waals surface area contributed by atoms with Gasteiger partial charge in [-0.15, -0.1) is 0 Å². The number of carbonyl (C=O) groups is 1. The lowest BCUT2D eigenvalue weighted by molar-refractivity contribution is 0.102. The summed E-state index contributed by atoms with van der Waals surface area (Å²) in [7, 11) is 1.97. The quantitative estimate of drug-likeness (QED) is 0.617. The Kier molecular flexibility index (Phi) is 3.93. The summed E-state index contributed by atoms with van der Waals surface area (Å²) in [6.45, 7) is 1.96. The fourth-order valence-corrected chi connectivity index (χ4v) is 2.84. The predicted molar refractivity (Wildman–Crippen MR) is 101 cm³/mol. The van der Waals surface area contributed by atoms with Crippen molar-refractivity contribution in [3.8, 4) is 11.3 Å². The van der Waals surface area contributed by atoms with Crippen molar-refractivity contribution in [2.24, 2.45) is 7.05 Å². The van der Waals surface area contributed by atoms with Crippen LogP contribution >= 0.6 is 0 Å². The van der Waals surface area contributed by atoms with Crippen molar-refractivity contribution in [1.82, 2.24) is 19.5 Å². The number of nitrogens with one attached hydrogen (secondary N) is 1. The number of aromatic nitrogens is 4. The Morgan fingerprint density at radius 2 is 1.88 bits per heavy atom. The number of aryl methyl sites for hydroxylation is 2. The van der Waals surface area contributed by atoms with Crippen LogP contribution in [0, 0.1) is 6.92 Å². The first-order chi connectivity index (χ1) is 12.6. The highest BCUT2D eigenvalue weighted by molar-refractivity contribution is 6.05. The van der Waals surface area contributed by atoms with E-state index in [4.69, 9.17) is 0 Å². The highest BCUT2D eigenvalue weighted by Gasteiger charge is 2.09. The first-order valence-electron chi connectivity index (χ1n) is 8.23. The van der Waals surface area contributed by atoms with Crippen molar-refractivity contribution in [3.63, 3.8) is 0 Å². The zero-order chi connectivity index (χ0) is 18.1. The highest BCUT2D eigenvalue weighted by atomic mass is 16.1. The Hall–Kier alpha value is -3.54. The molecular weight excluding hydrogens is 326 g/mol. The maximum Gasteiger partial charge on any atom is 0.255 e. The molecule has 1 amide bonds. The lowest BCUT2D eigenvalue weighted by Crippen LogP contribution is -2.11. The lowest BCUT2D eigenvalue weighted by atomic mass is 10.1. The van der Waals surface area contributed by atoms with Crippen LogP contribution in [0.1, 0.15) is 16.2 Å². The molecule has 2 aromatic heterocycles. The van der Waals surface area contributed by atoms with Crippen LogP contribution in [0.3, 0.4) is 0 Å². The van der Waals surface area contributed by atoms with Crippen LogP contribution in [0.25, 0.3) is 22.3 Å². The van der Waals surface area contributed by atoms with Gasteiger partial charge in [0.1, 0.15) is 5.82 Å². The predicted octanol–water partition coefficient (Wildman–Crippen LogP) is 3.59. The number of amides is 1. The smallest absolute Gasteiger partial charge is 0.255 e. The van der Waals surface area contributed by atoms with Crippen LogP contribution in [0.2, 0.25) is 0 Å². The molecule has 128 valence electrons. The van der Waals surface area contributed by atoms with Gasteiger partial charge in [-0.1, -0.05) is 12.1 Å². The number of imidazole rings is 1. The zero-order valence-electron chi connectivity index (χ0n) is 14.5. The van der Waals surface area contributed by atoms with E-state index in [-0.39, 0.29) is 5.91 Å². The molecule has 0 unspecified atom stereocenters. The molecule has 0 spiro atoms. The van der Waals surface area contributed by atoms with Crippen molar-refractivity contribution >= 4 is 22.6 Å². The van der Waals surface area contributed by atoms with E-state index in [2.05, 4.69) is 20.3 Å². The molecule has 0 aliphatic rings. The van der Waals surface area contributed by atoms with E-state index in [9.17, 15) is 4.79 Å². The molecule has 26 heavy (non-hydrogen) atoms. The van der Waals surface area contributed by atoms with Crippen LogP contribution in [-0.4, -0.2) is 25.4 Å². The Labute approximate surface area is 150 Å². The molecule has 6 heteroatoms. The third kappa shape index (κ3) is 2.93. The first-order valence-corrected chi connectivity index (χ1v) is 8.23. The maximum atomic E-state index is 12.5. The van der Waals surface area contributed by atoms with E-state index in [0.717, 1.165) is 33.8 Å². The minimum Gasteiger partial charge on any atom is -0.331 e. The molecule has 4 aromatic rings. The molecule has 6 nitrogen and oxygen atoms in total. The van der Waals surface area contributed by atoms with Gasteiger partial charge in [-0.2, -0.15) is 0 Å². The van der Waals surface area contributed by atoms with Gasteiger partial charge in [0.25, 0.3) is 5.91 Å². The topological polar surface area (TPSA) is 72.7 Å². The van der Waals surface area contributed by atoms with E-state index in [1.54, 1.807) is 30.7 Å². The van der Waals surface area contributed by atoms with Crippen molar-refractivity contribution < 1.29 is 4.79 Å². The number of anilines is 1. The minimum atomic E-state index is -0.164. The molecule has 0 bridgehead atoms. The average molecular weight is 343 g/mol. The average Bonchev–Trinajstić information content (AvgIpc) is 2.96. The second-order valence-electron chi connectivity index (χ2n) is 6.04. The van der Waals surface area contributed by atoms with Crippen molar-refractivity contribution in [1.29, 1.82) is 0 Å². The molecule has 0 aliphatic heterocycles. The van der Waals surface area contributed by atoms with Crippen LogP contribution in [0.5, 0.6) is 0 Å². The fourth-order valence-electron chi connectivity index (χ4n) is 2.84. The number of hydrogen-bond acceptors (Lipinski definition) is 4. The summed E-state index contributed by atoms with van der Waals surface area (Å²) in [4.78, 5) is 25.3. The summed E-state index contributed by atoms with van der Waals surface area (Å²) in [6.07, 6.45) is 4.97. The number of hydrogen-bond donors (Lipinski definition) is 1. The maximum absolute atomic E-state index is 12.5. The molecule has 0 radical (unpaired) electrons. The zero-order valence-corrected chi connectivity index (χ0v) is 14.5. The summed E-state index contributed by atoms with van der Waals surface area (Å²) in [6, 6.07) is 13.0. The normalized spacial score (nSPS) is 10.8. The van der Waals surface area contributed by atoms with Crippen LogP contribution in [-0.2, 0) is 7.05 Å². The van der Waals surface area contributed by atoms with Gasteiger partial charge in [-0.25, -0.2) is 4.98 Å². The molecule has 1 N–H and O–H groups in total. The number of fused-ring (bicyclic) bond motifs is 1. The van der Waals surface area contributed by atoms with Gasteiger partial charge in [0, 0.05) is 36.3 Å². The van der Waals surface area contributed by atoms with Crippen molar-refractivity contribution in [2.75, 3.05) is 5.32 Å². The Morgan fingerprint density at radius 1 is 1.08 bits per heavy atom. The van der Waals surface area contributed by atoms with E-state index in [1.807, 2.05) is 48.9 Å². The minimum absolute atomic E-state index is 0.164. The Balaban J connectivity index is 1.54. The van der Waals surface area contributed by atoms with Crippen LogP contribution in [0.15, 0.2) is 61.1 Å². The van der Waals surface area contributed by atoms with Gasteiger partial charge in [-0.3, -0.25) is 14.8 Å². The van der Waals surface area contributed by atoms with E-state index < -0.39 is 0 Å². The summed E-state index contributed by atoms with van der Waals surface area (Å²) >= 11 is 0. The first kappa shape index (κ1) is 16.0. The number of rotatable bonds is 3. The second-order valence-corrected chi connectivity index (χ2v) is 6.04. The summed E-state index contributed by atoms with van der Waals surface area (Å²) in [5, 5.41) is 2.92. The number of benzene rings is 2. The molecular formula is C20H17N5O. The number of nitrogens with zero attached hydrogens (tertiary/aromatic N) is 4. The molecule has 0 aliphatic carbocycles. The van der Waals surface area contributed by atoms with Gasteiger partial charge in [0.15, 0.2) is 0 Å². The van der Waals surface area contributed by atoms with Crippen LogP contribution in [0.4, 0.5) is 5.69 Å². The Bertz CT molecular complexity index is 1080. The third-order valence-corrected chi connectivity index (χ3v) is 4.37. The fraction of sp³-hybridized carbons (Fsp3) is 0.100. The van der Waals surface area contributed by atoms with E-state index >= 15 is 0 Å². The van der Waals surface area contributed by atoms with E-state index in [1.165, 1.54) is 0 Å². The SMILES string of the molecule is Cc1nc2cc(NC(=O)c3ccc(-c4cnccn4)cc3)ccc2n1C. The largest absolute Gasteiger partial charge is 0.331 e. The lowest BCUT2D eigenvalue weighted by Gasteiger charge is -2.06. The molecule has 0 fully saturated rings. The summed E-state index contributed by atoms with van der Waals surface area (Å²) in [5.74, 6) is 0.769. The van der Waals surface area contributed by atoms with Gasteiger partial charge < -0.3 is 9.88 Å². The summed E-state index contributed by atoms with van der Waals surface area (Å²) < 4.78 is 2.02. The molecule has 0 saturated carbocycles. The standard InChI is InChI=1S/C20H17N5O/c1-13-23-17-11-16(7-8-19(17)25(13)2)24-20(26)15-5-3-14(4-6-15)18-12-21-9-10-22-18/h3-12H,1-2H3,(H,24,26). The van der Waals surface area contributed by atoms with Crippen molar-refractivity contribution in [2.45, 2.75) is 6.92 Å². The molecule has 0 atom stereocenters. The van der Waals surface area contributed by atoms with Crippen molar-refractivity contribution in [3.05, 3.63) is 72.4 Å². The van der Waals surface area contributed by atoms with Gasteiger partial charge >= 0.3 is 0 Å². The second kappa shape index (κ2) is 6.40. The molecule has 2 heterocycles. The Morgan fingerprint density at radius 3 is 2.62 bits per heavy atom. The highest BCUT2D eigenvalue weighted by Crippen LogP contribution is 2.21. The third-order valence-electron chi connectivity index (χ3n) is 4.37. The van der Waals surface area contributed by atoms with Crippen LogP contribution < -0.4 is 5.32 Å². The summed E-state index contributed by atoms with van der Waals surface area (Å²) in [5.41, 5.74) is 4.89. The number of carbonyl (C=O) groups excluding carboxylic acids is 1. The van der Waals surface area contributed by atoms with Gasteiger partial charge in [0.05, 0.1) is 22.9 Å². The molecule has 2 aromatic carbocycles. The molecule has 0 saturated heterocycles. The van der Waals surface area contributed by atoms with E-state index in [0.29, 0.717) is 5.56 Å². The van der Waals surface area contributed by atoms with Gasteiger partial charge in [0.2, 0.25) is 0 Å². The van der Waals surface area contributed by atoms with Gasteiger partial charge in [-0.05, 0) is 37.3 Å². The monoisotopic (exact) mass is 343 g/mol. The molecule has 4 rings (SSSR count).